The van der Waals surface area contributed by atoms with E-state index in [0.29, 0.717) is 6.61 Å². The molecular weight excluding hydrogens is 683 g/mol. The first-order valence-electron chi connectivity index (χ1n) is 16.1. The van der Waals surface area contributed by atoms with E-state index in [2.05, 4.69) is 143 Å². The molecule has 0 aromatic heterocycles. The van der Waals surface area contributed by atoms with Crippen LogP contribution in [-0.4, -0.2) is 19.4 Å². The Kier molecular flexibility index (Phi) is 22.9. The second-order valence-corrected chi connectivity index (χ2v) is 12.9. The normalized spacial score (nSPS) is 10.5. The van der Waals surface area contributed by atoms with Crippen molar-refractivity contribution < 1.29 is 22.9 Å². The predicted octanol–water partition coefficient (Wildman–Crippen LogP) is 10.5. The number of rotatable bonds is 18. The zero-order valence-electron chi connectivity index (χ0n) is 26.7. The summed E-state index contributed by atoms with van der Waals surface area (Å²) < 4.78 is 5.43. The quantitative estimate of drug-likeness (QED) is 0.0249. The fraction of sp³-hybridized carbons (Fsp3) is 0.325. The molecular formula is C40H49ClNOPPd. The van der Waals surface area contributed by atoms with Crippen molar-refractivity contribution in [3.63, 3.8) is 0 Å². The van der Waals surface area contributed by atoms with E-state index >= 15 is 0 Å². The number of halogens is 1. The average Bonchev–Trinajstić information content (AvgIpc) is 3.11. The van der Waals surface area contributed by atoms with Gasteiger partial charge in [-0.3, -0.25) is 0 Å². The van der Waals surface area contributed by atoms with E-state index in [1.54, 1.807) is 6.08 Å². The Balaban J connectivity index is 0.000000303. The Morgan fingerprint density at radius 2 is 1.16 bits per heavy atom. The monoisotopic (exact) mass is 731 g/mol. The second-order valence-electron chi connectivity index (χ2n) is 10.6. The van der Waals surface area contributed by atoms with E-state index in [4.69, 9.17) is 4.74 Å². The van der Waals surface area contributed by atoms with Crippen LogP contribution in [0.15, 0.2) is 127 Å². The zero-order chi connectivity index (χ0) is 32.2. The van der Waals surface area contributed by atoms with Gasteiger partial charge in [0.2, 0.25) is 0 Å². The van der Waals surface area contributed by atoms with Crippen LogP contribution in [0.5, 0.6) is 5.75 Å². The topological polar surface area (TPSA) is 21.6 Å². The van der Waals surface area contributed by atoms with Gasteiger partial charge >= 0.3 is 27.7 Å². The van der Waals surface area contributed by atoms with Gasteiger partial charge in [-0.05, 0) is 30.3 Å². The van der Waals surface area contributed by atoms with Crippen molar-refractivity contribution in [2.75, 3.05) is 13.2 Å². The fourth-order valence-electron chi connectivity index (χ4n) is 4.78. The maximum atomic E-state index is 5.43. The van der Waals surface area contributed by atoms with Crippen LogP contribution in [0.3, 0.4) is 0 Å². The molecule has 0 unspecified atom stereocenters. The van der Waals surface area contributed by atoms with Crippen LogP contribution in [0.1, 0.15) is 76.7 Å². The van der Waals surface area contributed by atoms with Gasteiger partial charge in [0.15, 0.2) is 0 Å². The molecule has 0 aliphatic heterocycles. The molecule has 2 nitrogen and oxygen atoms in total. The number of unbranched alkanes of at least 4 members (excludes halogenated alkanes) is 9. The fourth-order valence-corrected chi connectivity index (χ4v) is 7.08. The summed E-state index contributed by atoms with van der Waals surface area (Å²) in [6, 6.07) is 41.3. The first-order valence-corrected chi connectivity index (χ1v) is 19.5. The summed E-state index contributed by atoms with van der Waals surface area (Å²) in [6.07, 6.45) is 17.3. The number of hydrogen-bond donors (Lipinski definition) is 0. The minimum Gasteiger partial charge on any atom is -0.0622 e. The molecule has 0 amide bonds. The number of aliphatic imine (C=N–C) groups is 1. The summed E-state index contributed by atoms with van der Waals surface area (Å²) in [5, 5.41) is 4.19. The van der Waals surface area contributed by atoms with Crippen LogP contribution >= 0.6 is 17.5 Å². The van der Waals surface area contributed by atoms with Crippen molar-refractivity contribution in [2.24, 2.45) is 4.99 Å². The first-order chi connectivity index (χ1) is 22.3. The smallest absolute Gasteiger partial charge is 0.0134 e. The van der Waals surface area contributed by atoms with E-state index in [9.17, 15) is 0 Å². The second kappa shape index (κ2) is 26.7. The maximum Gasteiger partial charge on any atom is -0.0134 e. The van der Waals surface area contributed by atoms with E-state index in [1.165, 1.54) is 80.1 Å². The molecule has 0 fully saturated rings. The van der Waals surface area contributed by atoms with E-state index < -0.39 is 7.92 Å². The van der Waals surface area contributed by atoms with Crippen molar-refractivity contribution in [1.82, 2.24) is 0 Å². The van der Waals surface area contributed by atoms with Crippen molar-refractivity contribution in [3.05, 3.63) is 133 Å². The molecule has 0 atom stereocenters. The van der Waals surface area contributed by atoms with Gasteiger partial charge in [-0.2, -0.15) is 0 Å². The van der Waals surface area contributed by atoms with Gasteiger partial charge in [-0.15, -0.1) is 29.8 Å². The predicted molar refractivity (Wildman–Crippen MR) is 196 cm³/mol. The van der Waals surface area contributed by atoms with Gasteiger partial charge in [0, 0.05) is 12.3 Å². The third-order valence-corrected chi connectivity index (χ3v) is 9.53. The number of benzene rings is 4. The van der Waals surface area contributed by atoms with Gasteiger partial charge in [-0.1, -0.05) is 175 Å². The van der Waals surface area contributed by atoms with Gasteiger partial charge in [0.05, 0.1) is 6.61 Å². The van der Waals surface area contributed by atoms with Crippen LogP contribution in [0.2, 0.25) is 0 Å². The minimum absolute atomic E-state index is 0.446. The van der Waals surface area contributed by atoms with Gasteiger partial charge in [0.1, 0.15) is 0 Å². The number of ether oxygens (including phenoxy) is 1. The molecule has 45 heavy (non-hydrogen) atoms. The molecule has 0 heterocycles. The molecule has 4 aromatic carbocycles. The van der Waals surface area contributed by atoms with Gasteiger partial charge in [0.25, 0.3) is 0 Å². The average molecular weight is 733 g/mol. The summed E-state index contributed by atoms with van der Waals surface area (Å²) in [6.45, 7) is 7.35. The van der Waals surface area contributed by atoms with Crippen LogP contribution in [0.4, 0.5) is 0 Å². The molecule has 0 aliphatic rings. The van der Waals surface area contributed by atoms with Gasteiger partial charge in [-0.25, -0.2) is 0 Å². The molecule has 0 N–H and O–H groups in total. The number of hydrogen-bond acceptors (Lipinski definition) is 2. The van der Waals surface area contributed by atoms with Crippen molar-refractivity contribution in [2.45, 2.75) is 71.1 Å². The standard InChI is InChI=1S/C22H34NO.C18H15P.ClH.Pd/c1-3-5-6-7-8-9-10-11-12-13-18-23-20-21-14-16-22(17-15-21)24-19-4-2;1-4-10-16(11-5-1)19(17-12-6-2-7-13-17)18-14-8-3-9-15-18;;/h4,14,16-17,20H,2-3,5-13,18-19H2,1H3;1-15H;1H;/q-1;;;+2/p-1. The van der Waals surface area contributed by atoms with Crippen molar-refractivity contribution in [1.29, 1.82) is 0 Å². The van der Waals surface area contributed by atoms with Crippen LogP contribution < -0.4 is 20.7 Å². The molecule has 5 heteroatoms. The Morgan fingerprint density at radius 1 is 0.689 bits per heavy atom. The Labute approximate surface area is 289 Å². The Hall–Kier alpha value is -2.53. The summed E-state index contributed by atoms with van der Waals surface area (Å²) in [5.41, 5.74) is 1.01. The van der Waals surface area contributed by atoms with E-state index in [0.717, 1.165) is 17.9 Å². The van der Waals surface area contributed by atoms with Crippen LogP contribution in [-0.2, 0) is 18.2 Å². The third kappa shape index (κ3) is 17.1. The summed E-state index contributed by atoms with van der Waals surface area (Å²) in [4.78, 5) is 4.49. The van der Waals surface area contributed by atoms with Gasteiger partial charge < -0.3 is 9.73 Å². The third-order valence-electron chi connectivity index (χ3n) is 7.09. The molecule has 0 bridgehead atoms. The Morgan fingerprint density at radius 3 is 1.58 bits per heavy atom. The largest absolute Gasteiger partial charge is 0.0622 e. The maximum absolute atomic E-state index is 5.43. The molecule has 4 aromatic rings. The number of nitrogens with zero attached hydrogens (tertiary/aromatic N) is 1. The molecule has 0 saturated carbocycles. The summed E-state index contributed by atoms with van der Waals surface area (Å²) in [5.74, 6) is 0.821. The van der Waals surface area contributed by atoms with E-state index in [-0.39, 0.29) is 0 Å². The molecule has 4 rings (SSSR count). The molecule has 0 saturated heterocycles. The summed E-state index contributed by atoms with van der Waals surface area (Å²) in [7, 11) is 4.04. The summed E-state index contributed by atoms with van der Waals surface area (Å²) >= 11 is 2.22. The molecule has 0 aliphatic carbocycles. The molecule has 0 radical (unpaired) electrons. The van der Waals surface area contributed by atoms with Crippen molar-refractivity contribution in [3.8, 4) is 5.75 Å². The first kappa shape index (κ1) is 38.7. The zero-order valence-corrected chi connectivity index (χ0v) is 29.9. The minimum atomic E-state index is -0.446. The van der Waals surface area contributed by atoms with Crippen LogP contribution in [0.25, 0.3) is 0 Å². The molecule has 0 spiro atoms. The van der Waals surface area contributed by atoms with Crippen molar-refractivity contribution >= 4 is 39.6 Å². The van der Waals surface area contributed by atoms with Crippen LogP contribution in [0, 0.1) is 6.07 Å². The molecule has 242 valence electrons. The van der Waals surface area contributed by atoms with E-state index in [1.807, 2.05) is 24.4 Å². The Bertz CT molecular complexity index is 1180. The SMILES string of the molecule is C=CCOc1c[c-]c(C=NCCCCCCCCCCCC)cc1.[Cl][Pd+].c1ccc(P(c2ccccc2)c2ccccc2)cc1.